The monoisotopic (exact) mass is 432 g/mol. The van der Waals surface area contributed by atoms with Crippen LogP contribution in [0, 0.1) is 11.3 Å². The van der Waals surface area contributed by atoms with Gasteiger partial charge in [0, 0.05) is 17.5 Å². The van der Waals surface area contributed by atoms with Gasteiger partial charge in [-0.25, -0.2) is 8.42 Å². The van der Waals surface area contributed by atoms with Gasteiger partial charge in [-0.05, 0) is 49.4 Å². The van der Waals surface area contributed by atoms with Crippen LogP contribution in [0.1, 0.15) is 24.4 Å². The van der Waals surface area contributed by atoms with E-state index in [-0.39, 0.29) is 21.7 Å². The van der Waals surface area contributed by atoms with Crippen LogP contribution in [0.5, 0.6) is 0 Å². The maximum atomic E-state index is 11.6. The average Bonchev–Trinajstić information content (AvgIpc) is 3.15. The first-order valence-electron chi connectivity index (χ1n) is 8.47. The van der Waals surface area contributed by atoms with Crippen molar-refractivity contribution in [2.24, 2.45) is 0 Å². The maximum absolute atomic E-state index is 11.6. The summed E-state index contributed by atoms with van der Waals surface area (Å²) in [6.07, 6.45) is 0.242. The van der Waals surface area contributed by atoms with Gasteiger partial charge >= 0.3 is 0 Å². The fraction of sp³-hybridized carbons (Fsp3) is 0.211. The van der Waals surface area contributed by atoms with E-state index in [1.165, 1.54) is 12.1 Å². The largest absolute Gasteiger partial charge is 0.418 e. The smallest absolute Gasteiger partial charge is 0.247 e. The van der Waals surface area contributed by atoms with Crippen LogP contribution in [0.3, 0.4) is 0 Å². The Kier molecular flexibility index (Phi) is 5.88. The Labute approximate surface area is 172 Å². The Balaban J connectivity index is 1.86. The van der Waals surface area contributed by atoms with Gasteiger partial charge in [0.2, 0.25) is 11.8 Å². The van der Waals surface area contributed by atoms with Crippen LogP contribution in [0.2, 0.25) is 5.02 Å². The van der Waals surface area contributed by atoms with E-state index in [2.05, 4.69) is 15.5 Å². The topological polar surface area (TPSA) is 129 Å². The van der Waals surface area contributed by atoms with Crippen molar-refractivity contribution in [1.82, 2.24) is 10.2 Å². The Morgan fingerprint density at radius 1 is 1.21 bits per heavy atom. The van der Waals surface area contributed by atoms with Crippen LogP contribution in [0.25, 0.3) is 11.5 Å². The highest BCUT2D eigenvalue weighted by molar-refractivity contribution is 7.90. The van der Waals surface area contributed by atoms with E-state index >= 15 is 0 Å². The van der Waals surface area contributed by atoms with E-state index in [4.69, 9.17) is 21.3 Å². The van der Waals surface area contributed by atoms with Gasteiger partial charge in [0.1, 0.15) is 12.1 Å². The first-order valence-corrected chi connectivity index (χ1v) is 10.7. The molecular formula is C19H17ClN4O4S. The van der Waals surface area contributed by atoms with Gasteiger partial charge in [-0.15, -0.1) is 10.2 Å². The van der Waals surface area contributed by atoms with E-state index in [1.54, 1.807) is 37.3 Å². The summed E-state index contributed by atoms with van der Waals surface area (Å²) in [5, 5.41) is 30.4. The zero-order valence-electron chi connectivity index (χ0n) is 15.5. The van der Waals surface area contributed by atoms with Crippen LogP contribution in [-0.2, 0) is 9.84 Å². The fourth-order valence-electron chi connectivity index (χ4n) is 2.59. The minimum atomic E-state index is -3.31. The zero-order chi connectivity index (χ0) is 21.2. The molecule has 150 valence electrons. The lowest BCUT2D eigenvalue weighted by Gasteiger charge is -2.19. The quantitative estimate of drug-likeness (QED) is 0.607. The molecule has 8 nitrogen and oxygen atoms in total. The number of nitriles is 1. The molecule has 1 aromatic heterocycles. The van der Waals surface area contributed by atoms with Crippen LogP contribution in [-0.4, -0.2) is 36.1 Å². The zero-order valence-corrected chi connectivity index (χ0v) is 17.1. The SMILES string of the molecule is C[C@H](O)[C@@H](Nc1ccc(C#N)c(Cl)c1)c1nnc(-c2ccc(S(C)(=O)=O)cc2)o1. The summed E-state index contributed by atoms with van der Waals surface area (Å²) in [5.41, 5.74) is 1.45. The molecule has 0 unspecified atom stereocenters. The van der Waals surface area contributed by atoms with Gasteiger partial charge in [-0.3, -0.25) is 0 Å². The molecule has 0 aliphatic rings. The van der Waals surface area contributed by atoms with Gasteiger partial charge in [-0.1, -0.05) is 11.6 Å². The Morgan fingerprint density at radius 3 is 2.45 bits per heavy atom. The standard InChI is InChI=1S/C19H17ClN4O4S/c1-11(25)17(22-14-6-3-13(10-21)16(20)9-14)19-24-23-18(28-19)12-4-7-15(8-5-12)29(2,26)27/h3-9,11,17,22,25H,1-2H3/t11-,17+/m0/s1. The third-order valence-electron chi connectivity index (χ3n) is 4.13. The number of nitrogens with zero attached hydrogens (tertiary/aromatic N) is 3. The number of aliphatic hydroxyl groups excluding tert-OH is 1. The van der Waals surface area contributed by atoms with Crippen molar-refractivity contribution in [2.75, 3.05) is 11.6 Å². The highest BCUT2D eigenvalue weighted by atomic mass is 35.5. The number of benzene rings is 2. The number of hydrogen-bond donors (Lipinski definition) is 2. The van der Waals surface area contributed by atoms with Crippen molar-refractivity contribution in [3.8, 4) is 17.5 Å². The molecular weight excluding hydrogens is 416 g/mol. The number of sulfone groups is 1. The first kappa shape index (κ1) is 20.8. The van der Waals surface area contributed by atoms with Crippen LogP contribution in [0.4, 0.5) is 5.69 Å². The predicted molar refractivity (Wildman–Crippen MR) is 107 cm³/mol. The number of halogens is 1. The number of hydrogen-bond acceptors (Lipinski definition) is 8. The minimum absolute atomic E-state index is 0.141. The lowest BCUT2D eigenvalue weighted by Crippen LogP contribution is -2.23. The molecule has 3 rings (SSSR count). The van der Waals surface area contributed by atoms with Crippen LogP contribution >= 0.6 is 11.6 Å². The molecule has 0 amide bonds. The lowest BCUT2D eigenvalue weighted by molar-refractivity contribution is 0.160. The summed E-state index contributed by atoms with van der Waals surface area (Å²) in [6, 6.07) is 12.1. The molecule has 29 heavy (non-hydrogen) atoms. The van der Waals surface area contributed by atoms with E-state index in [9.17, 15) is 13.5 Å². The van der Waals surface area contributed by atoms with Crippen molar-refractivity contribution in [3.05, 3.63) is 58.9 Å². The van der Waals surface area contributed by atoms with Crippen LogP contribution in [0.15, 0.2) is 51.8 Å². The molecule has 0 aliphatic carbocycles. The molecule has 0 radical (unpaired) electrons. The van der Waals surface area contributed by atoms with Crippen molar-refractivity contribution in [1.29, 1.82) is 5.26 Å². The Hall–Kier alpha value is -2.93. The molecule has 0 bridgehead atoms. The van der Waals surface area contributed by atoms with E-state index in [0.29, 0.717) is 16.8 Å². The summed E-state index contributed by atoms with van der Waals surface area (Å²) in [5.74, 6) is 0.327. The molecule has 2 N–H and O–H groups in total. The maximum Gasteiger partial charge on any atom is 0.247 e. The second-order valence-electron chi connectivity index (χ2n) is 6.41. The molecule has 0 fully saturated rings. The molecule has 0 spiro atoms. The van der Waals surface area contributed by atoms with Gasteiger partial charge in [0.05, 0.1) is 21.6 Å². The minimum Gasteiger partial charge on any atom is -0.418 e. The van der Waals surface area contributed by atoms with E-state index in [0.717, 1.165) is 6.26 Å². The van der Waals surface area contributed by atoms with Crippen molar-refractivity contribution >= 4 is 27.1 Å². The van der Waals surface area contributed by atoms with E-state index < -0.39 is 22.0 Å². The Bertz CT molecular complexity index is 1170. The second-order valence-corrected chi connectivity index (χ2v) is 8.83. The fourth-order valence-corrected chi connectivity index (χ4v) is 3.44. The van der Waals surface area contributed by atoms with Gasteiger partial charge in [-0.2, -0.15) is 5.26 Å². The molecule has 10 heteroatoms. The summed E-state index contributed by atoms with van der Waals surface area (Å²) in [6.45, 7) is 1.56. The van der Waals surface area contributed by atoms with Gasteiger partial charge in [0.25, 0.3) is 0 Å². The first-order chi connectivity index (χ1) is 13.7. The summed E-state index contributed by atoms with van der Waals surface area (Å²) >= 11 is 6.05. The van der Waals surface area contributed by atoms with Crippen LogP contribution < -0.4 is 5.32 Å². The third kappa shape index (κ3) is 4.74. The molecule has 2 aromatic carbocycles. The Morgan fingerprint density at radius 2 is 1.90 bits per heavy atom. The van der Waals surface area contributed by atoms with Crippen molar-refractivity contribution in [3.63, 3.8) is 0 Å². The number of aliphatic hydroxyl groups is 1. The van der Waals surface area contributed by atoms with Gasteiger partial charge in [0.15, 0.2) is 9.84 Å². The summed E-state index contributed by atoms with van der Waals surface area (Å²) in [4.78, 5) is 0.183. The molecule has 0 saturated heterocycles. The average molecular weight is 433 g/mol. The van der Waals surface area contributed by atoms with Crippen molar-refractivity contribution < 1.29 is 17.9 Å². The van der Waals surface area contributed by atoms with Crippen molar-refractivity contribution in [2.45, 2.75) is 24.0 Å². The molecule has 2 atom stereocenters. The molecule has 3 aromatic rings. The summed E-state index contributed by atoms with van der Waals surface area (Å²) < 4.78 is 28.8. The lowest BCUT2D eigenvalue weighted by atomic mass is 10.1. The third-order valence-corrected chi connectivity index (χ3v) is 5.57. The molecule has 1 heterocycles. The summed E-state index contributed by atoms with van der Waals surface area (Å²) in [7, 11) is -3.31. The van der Waals surface area contributed by atoms with E-state index in [1.807, 2.05) is 6.07 Å². The number of anilines is 1. The number of rotatable bonds is 6. The predicted octanol–water partition coefficient (Wildman–Crippen LogP) is 3.20. The molecule has 0 aliphatic heterocycles. The normalized spacial score (nSPS) is 13.5. The highest BCUT2D eigenvalue weighted by Gasteiger charge is 2.24. The molecule has 0 saturated carbocycles. The number of aromatic nitrogens is 2. The highest BCUT2D eigenvalue weighted by Crippen LogP contribution is 2.28. The second kappa shape index (κ2) is 8.21. The van der Waals surface area contributed by atoms with Gasteiger partial charge < -0.3 is 14.8 Å². The number of nitrogens with one attached hydrogen (secondary N) is 1.